The van der Waals surface area contributed by atoms with E-state index in [1.54, 1.807) is 6.20 Å². The van der Waals surface area contributed by atoms with Crippen molar-refractivity contribution in [3.63, 3.8) is 0 Å². The van der Waals surface area contributed by atoms with Gasteiger partial charge < -0.3 is 9.26 Å². The maximum atomic E-state index is 5.49. The number of rotatable bonds is 3. The molecule has 15 heavy (non-hydrogen) atoms. The SMILES string of the molecule is Cc1cc(COc2ncccc2C)on1. The maximum absolute atomic E-state index is 5.49. The van der Waals surface area contributed by atoms with Crippen LogP contribution >= 0.6 is 0 Å². The molecule has 0 N–H and O–H groups in total. The molecule has 0 aliphatic heterocycles. The Morgan fingerprint density at radius 3 is 2.93 bits per heavy atom. The highest BCUT2D eigenvalue weighted by Crippen LogP contribution is 2.14. The van der Waals surface area contributed by atoms with Crippen LogP contribution in [0.1, 0.15) is 17.0 Å². The second-order valence-electron chi connectivity index (χ2n) is 3.35. The molecule has 4 nitrogen and oxygen atoms in total. The van der Waals surface area contributed by atoms with E-state index >= 15 is 0 Å². The number of nitrogens with zero attached hydrogens (tertiary/aromatic N) is 2. The van der Waals surface area contributed by atoms with Gasteiger partial charge in [0.1, 0.15) is 0 Å². The highest BCUT2D eigenvalue weighted by molar-refractivity contribution is 5.23. The summed E-state index contributed by atoms with van der Waals surface area (Å²) in [5, 5.41) is 3.78. The first-order chi connectivity index (χ1) is 7.25. The average molecular weight is 204 g/mol. The van der Waals surface area contributed by atoms with E-state index in [2.05, 4.69) is 10.1 Å². The first-order valence-electron chi connectivity index (χ1n) is 4.72. The van der Waals surface area contributed by atoms with Crippen molar-refractivity contribution in [3.05, 3.63) is 41.4 Å². The van der Waals surface area contributed by atoms with E-state index in [0.717, 1.165) is 11.3 Å². The molecule has 78 valence electrons. The van der Waals surface area contributed by atoms with Crippen LogP contribution < -0.4 is 4.74 Å². The van der Waals surface area contributed by atoms with E-state index in [1.165, 1.54) is 0 Å². The molecule has 0 bridgehead atoms. The number of hydrogen-bond acceptors (Lipinski definition) is 4. The molecule has 2 aromatic heterocycles. The fraction of sp³-hybridized carbons (Fsp3) is 0.273. The number of pyridine rings is 1. The quantitative estimate of drug-likeness (QED) is 0.769. The van der Waals surface area contributed by atoms with Gasteiger partial charge in [0.15, 0.2) is 12.4 Å². The molecular weight excluding hydrogens is 192 g/mol. The van der Waals surface area contributed by atoms with Gasteiger partial charge in [-0.3, -0.25) is 0 Å². The molecule has 0 unspecified atom stereocenters. The maximum Gasteiger partial charge on any atom is 0.216 e. The van der Waals surface area contributed by atoms with Gasteiger partial charge in [0.25, 0.3) is 0 Å². The van der Waals surface area contributed by atoms with Crippen LogP contribution in [-0.2, 0) is 6.61 Å². The third kappa shape index (κ3) is 2.34. The lowest BCUT2D eigenvalue weighted by molar-refractivity contribution is 0.240. The van der Waals surface area contributed by atoms with Gasteiger partial charge in [0.2, 0.25) is 5.88 Å². The summed E-state index contributed by atoms with van der Waals surface area (Å²) in [5.74, 6) is 1.34. The van der Waals surface area contributed by atoms with Gasteiger partial charge in [-0.15, -0.1) is 0 Å². The molecule has 0 spiro atoms. The van der Waals surface area contributed by atoms with Crippen molar-refractivity contribution < 1.29 is 9.26 Å². The lowest BCUT2D eigenvalue weighted by Crippen LogP contribution is -1.97. The Morgan fingerprint density at radius 2 is 2.27 bits per heavy atom. The predicted octanol–water partition coefficient (Wildman–Crippen LogP) is 2.27. The standard InChI is InChI=1S/C11H12N2O2/c1-8-4-3-5-12-11(8)14-7-10-6-9(2)13-15-10/h3-6H,7H2,1-2H3. The minimum Gasteiger partial charge on any atom is -0.469 e. The zero-order valence-corrected chi connectivity index (χ0v) is 8.73. The third-order valence-corrected chi connectivity index (χ3v) is 1.99. The average Bonchev–Trinajstić information content (AvgIpc) is 2.63. The molecule has 0 saturated carbocycles. The van der Waals surface area contributed by atoms with Crippen molar-refractivity contribution in [2.45, 2.75) is 20.5 Å². The van der Waals surface area contributed by atoms with Crippen molar-refractivity contribution in [2.75, 3.05) is 0 Å². The van der Waals surface area contributed by atoms with Crippen LogP contribution in [0.5, 0.6) is 5.88 Å². The number of aryl methyl sites for hydroxylation is 2. The molecule has 0 amide bonds. The second-order valence-corrected chi connectivity index (χ2v) is 3.35. The number of hydrogen-bond donors (Lipinski definition) is 0. The summed E-state index contributed by atoms with van der Waals surface area (Å²) in [5.41, 5.74) is 1.86. The highest BCUT2D eigenvalue weighted by Gasteiger charge is 2.04. The van der Waals surface area contributed by atoms with Crippen LogP contribution in [0, 0.1) is 13.8 Å². The second kappa shape index (κ2) is 4.13. The molecule has 0 atom stereocenters. The Kier molecular flexibility index (Phi) is 2.67. The summed E-state index contributed by atoms with van der Waals surface area (Å²) < 4.78 is 10.5. The van der Waals surface area contributed by atoms with Crippen molar-refractivity contribution in [1.82, 2.24) is 10.1 Å². The highest BCUT2D eigenvalue weighted by atomic mass is 16.5. The zero-order chi connectivity index (χ0) is 10.7. The Hall–Kier alpha value is -1.84. The lowest BCUT2D eigenvalue weighted by atomic mass is 10.3. The van der Waals surface area contributed by atoms with E-state index in [-0.39, 0.29) is 0 Å². The van der Waals surface area contributed by atoms with Gasteiger partial charge in [-0.2, -0.15) is 0 Å². The van der Waals surface area contributed by atoms with E-state index in [4.69, 9.17) is 9.26 Å². The molecule has 2 aromatic rings. The van der Waals surface area contributed by atoms with E-state index in [9.17, 15) is 0 Å². The summed E-state index contributed by atoms with van der Waals surface area (Å²) >= 11 is 0. The molecule has 0 aliphatic rings. The zero-order valence-electron chi connectivity index (χ0n) is 8.73. The molecule has 4 heteroatoms. The van der Waals surface area contributed by atoms with E-state index in [1.807, 2.05) is 32.0 Å². The predicted molar refractivity (Wildman–Crippen MR) is 54.5 cm³/mol. The van der Waals surface area contributed by atoms with Crippen molar-refractivity contribution in [2.24, 2.45) is 0 Å². The normalized spacial score (nSPS) is 10.3. The fourth-order valence-electron chi connectivity index (χ4n) is 1.25. The molecule has 0 aromatic carbocycles. The summed E-state index contributed by atoms with van der Waals surface area (Å²) in [7, 11) is 0. The third-order valence-electron chi connectivity index (χ3n) is 1.99. The largest absolute Gasteiger partial charge is 0.469 e. The molecule has 0 radical (unpaired) electrons. The van der Waals surface area contributed by atoms with Crippen molar-refractivity contribution in [3.8, 4) is 5.88 Å². The first kappa shape index (κ1) is 9.71. The van der Waals surface area contributed by atoms with Crippen LogP contribution in [0.4, 0.5) is 0 Å². The fourth-order valence-corrected chi connectivity index (χ4v) is 1.25. The topological polar surface area (TPSA) is 48.2 Å². The van der Waals surface area contributed by atoms with Gasteiger partial charge >= 0.3 is 0 Å². The number of aromatic nitrogens is 2. The molecule has 0 fully saturated rings. The summed E-state index contributed by atoms with van der Waals surface area (Å²) in [6, 6.07) is 5.67. The van der Waals surface area contributed by atoms with Gasteiger partial charge in [-0.25, -0.2) is 4.98 Å². The monoisotopic (exact) mass is 204 g/mol. The Labute approximate surface area is 87.9 Å². The van der Waals surface area contributed by atoms with Crippen LogP contribution in [0.15, 0.2) is 28.9 Å². The van der Waals surface area contributed by atoms with Gasteiger partial charge in [0, 0.05) is 17.8 Å². The van der Waals surface area contributed by atoms with Crippen molar-refractivity contribution in [1.29, 1.82) is 0 Å². The van der Waals surface area contributed by atoms with Crippen molar-refractivity contribution >= 4 is 0 Å². The summed E-state index contributed by atoms with van der Waals surface area (Å²) in [6.45, 7) is 4.19. The van der Waals surface area contributed by atoms with Crippen LogP contribution in [-0.4, -0.2) is 10.1 Å². The first-order valence-corrected chi connectivity index (χ1v) is 4.72. The minimum absolute atomic E-state index is 0.360. The minimum atomic E-state index is 0.360. The van der Waals surface area contributed by atoms with Gasteiger partial charge in [-0.05, 0) is 19.9 Å². The molecule has 0 aliphatic carbocycles. The lowest BCUT2D eigenvalue weighted by Gasteiger charge is -2.04. The van der Waals surface area contributed by atoms with Gasteiger partial charge in [-0.1, -0.05) is 11.2 Å². The van der Waals surface area contributed by atoms with Gasteiger partial charge in [0.05, 0.1) is 5.69 Å². The number of ether oxygens (including phenoxy) is 1. The Morgan fingerprint density at radius 1 is 1.40 bits per heavy atom. The van der Waals surface area contributed by atoms with E-state index < -0.39 is 0 Å². The summed E-state index contributed by atoms with van der Waals surface area (Å²) in [6.07, 6.45) is 1.70. The smallest absolute Gasteiger partial charge is 0.216 e. The molecule has 2 heterocycles. The van der Waals surface area contributed by atoms with E-state index in [0.29, 0.717) is 18.2 Å². The Bertz CT molecular complexity index is 451. The molecule has 0 saturated heterocycles. The van der Waals surface area contributed by atoms with Crippen LogP contribution in [0.3, 0.4) is 0 Å². The van der Waals surface area contributed by atoms with Crippen LogP contribution in [0.2, 0.25) is 0 Å². The molecule has 2 rings (SSSR count). The molecular formula is C11H12N2O2. The Balaban J connectivity index is 2.02. The van der Waals surface area contributed by atoms with Crippen LogP contribution in [0.25, 0.3) is 0 Å². The summed E-state index contributed by atoms with van der Waals surface area (Å²) in [4.78, 5) is 4.12.